The molecule has 0 aliphatic rings. The summed E-state index contributed by atoms with van der Waals surface area (Å²) >= 11 is 0. The van der Waals surface area contributed by atoms with Crippen molar-refractivity contribution in [3.8, 4) is 0 Å². The second-order valence-electron chi connectivity index (χ2n) is 4.59. The molecule has 0 saturated carbocycles. The van der Waals surface area contributed by atoms with Gasteiger partial charge in [-0.25, -0.2) is 0 Å². The predicted octanol–water partition coefficient (Wildman–Crippen LogP) is 1.22. The minimum Gasteiger partial charge on any atom is -0.378 e. The Hall–Kier alpha value is -2.89. The van der Waals surface area contributed by atoms with Crippen LogP contribution in [0.3, 0.4) is 0 Å². The number of anilines is 1. The van der Waals surface area contributed by atoms with Gasteiger partial charge in [0.05, 0.1) is 0 Å². The molecule has 21 heavy (non-hydrogen) atoms. The third kappa shape index (κ3) is 3.79. The number of nitrogens with one attached hydrogen (secondary N) is 2. The average molecular weight is 284 g/mol. The third-order valence-corrected chi connectivity index (χ3v) is 2.86. The number of amides is 2. The summed E-state index contributed by atoms with van der Waals surface area (Å²) < 4.78 is 0. The zero-order valence-electron chi connectivity index (χ0n) is 11.8. The Morgan fingerprint density at radius 3 is 2.19 bits per heavy atom. The molecule has 2 aromatic rings. The number of aromatic nitrogens is 1. The van der Waals surface area contributed by atoms with Gasteiger partial charge in [0, 0.05) is 43.3 Å². The van der Waals surface area contributed by atoms with E-state index >= 15 is 0 Å². The van der Waals surface area contributed by atoms with Crippen LogP contribution in [0.1, 0.15) is 20.7 Å². The van der Waals surface area contributed by atoms with Gasteiger partial charge >= 0.3 is 0 Å². The quantitative estimate of drug-likeness (QED) is 0.831. The Morgan fingerprint density at radius 1 is 0.952 bits per heavy atom. The van der Waals surface area contributed by atoms with Crippen molar-refractivity contribution in [1.29, 1.82) is 0 Å². The van der Waals surface area contributed by atoms with E-state index in [4.69, 9.17) is 0 Å². The molecule has 0 unspecified atom stereocenters. The van der Waals surface area contributed by atoms with Crippen LogP contribution in [-0.4, -0.2) is 30.9 Å². The molecular formula is C15H16N4O2. The first-order valence-corrected chi connectivity index (χ1v) is 6.36. The molecule has 6 heteroatoms. The summed E-state index contributed by atoms with van der Waals surface area (Å²) in [6.45, 7) is 0. The standard InChI is InChI=1S/C15H16N4O2/c1-19(2)13-5-3-4-12(10-13)15(21)18-17-14(20)11-6-8-16-9-7-11/h3-10H,1-2H3,(H,17,20)(H,18,21). The number of rotatable bonds is 3. The van der Waals surface area contributed by atoms with Gasteiger partial charge in [0.25, 0.3) is 11.8 Å². The minimum atomic E-state index is -0.394. The molecule has 6 nitrogen and oxygen atoms in total. The van der Waals surface area contributed by atoms with E-state index in [-0.39, 0.29) is 5.91 Å². The highest BCUT2D eigenvalue weighted by atomic mass is 16.2. The Kier molecular flexibility index (Phi) is 4.50. The van der Waals surface area contributed by atoms with Gasteiger partial charge in [-0.15, -0.1) is 0 Å². The van der Waals surface area contributed by atoms with E-state index in [1.54, 1.807) is 30.3 Å². The second-order valence-corrected chi connectivity index (χ2v) is 4.59. The van der Waals surface area contributed by atoms with Crippen molar-refractivity contribution in [2.24, 2.45) is 0 Å². The van der Waals surface area contributed by atoms with Gasteiger partial charge < -0.3 is 4.90 Å². The number of hydrogen-bond donors (Lipinski definition) is 2. The van der Waals surface area contributed by atoms with Crippen molar-refractivity contribution in [3.63, 3.8) is 0 Å². The fourth-order valence-electron chi connectivity index (χ4n) is 1.69. The summed E-state index contributed by atoms with van der Waals surface area (Å²) in [4.78, 5) is 29.5. The summed E-state index contributed by atoms with van der Waals surface area (Å²) in [6, 6.07) is 10.2. The van der Waals surface area contributed by atoms with Crippen molar-refractivity contribution in [2.45, 2.75) is 0 Å². The molecule has 2 rings (SSSR count). The molecule has 1 aromatic heterocycles. The normalized spacial score (nSPS) is 9.81. The van der Waals surface area contributed by atoms with Gasteiger partial charge in [0.1, 0.15) is 0 Å². The first kappa shape index (κ1) is 14.5. The lowest BCUT2D eigenvalue weighted by molar-refractivity contribution is 0.0846. The van der Waals surface area contributed by atoms with Crippen molar-refractivity contribution in [2.75, 3.05) is 19.0 Å². The zero-order valence-corrected chi connectivity index (χ0v) is 11.8. The number of carbonyl (C=O) groups is 2. The molecule has 2 N–H and O–H groups in total. The zero-order chi connectivity index (χ0) is 15.2. The molecule has 0 spiro atoms. The van der Waals surface area contributed by atoms with Crippen LogP contribution in [0.2, 0.25) is 0 Å². The second kappa shape index (κ2) is 6.51. The largest absolute Gasteiger partial charge is 0.378 e. The monoisotopic (exact) mass is 284 g/mol. The smallest absolute Gasteiger partial charge is 0.269 e. The van der Waals surface area contributed by atoms with Crippen LogP contribution in [0.4, 0.5) is 5.69 Å². The first-order chi connectivity index (χ1) is 10.1. The van der Waals surface area contributed by atoms with E-state index in [0.29, 0.717) is 11.1 Å². The molecule has 0 fully saturated rings. The first-order valence-electron chi connectivity index (χ1n) is 6.36. The average Bonchev–Trinajstić information content (AvgIpc) is 2.53. The SMILES string of the molecule is CN(C)c1cccc(C(=O)NNC(=O)c2ccncc2)c1. The molecule has 0 saturated heterocycles. The number of nitrogens with zero attached hydrogens (tertiary/aromatic N) is 2. The molecule has 0 aliphatic carbocycles. The van der Waals surface area contributed by atoms with Crippen molar-refractivity contribution >= 4 is 17.5 Å². The van der Waals surface area contributed by atoms with E-state index in [2.05, 4.69) is 15.8 Å². The minimum absolute atomic E-state index is 0.374. The molecule has 2 amide bonds. The molecule has 1 heterocycles. The molecule has 1 aromatic carbocycles. The van der Waals surface area contributed by atoms with Crippen LogP contribution in [-0.2, 0) is 0 Å². The van der Waals surface area contributed by atoms with E-state index in [9.17, 15) is 9.59 Å². The summed E-state index contributed by atoms with van der Waals surface area (Å²) in [7, 11) is 3.78. The maximum absolute atomic E-state index is 12.0. The van der Waals surface area contributed by atoms with E-state index in [1.807, 2.05) is 25.1 Å². The van der Waals surface area contributed by atoms with Crippen LogP contribution in [0.15, 0.2) is 48.8 Å². The van der Waals surface area contributed by atoms with Crippen LogP contribution in [0, 0.1) is 0 Å². The highest BCUT2D eigenvalue weighted by Crippen LogP contribution is 2.12. The molecule has 108 valence electrons. The van der Waals surface area contributed by atoms with Gasteiger partial charge in [-0.2, -0.15) is 0 Å². The summed E-state index contributed by atoms with van der Waals surface area (Å²) in [5.41, 5.74) is 6.55. The summed E-state index contributed by atoms with van der Waals surface area (Å²) in [6.07, 6.45) is 3.02. The third-order valence-electron chi connectivity index (χ3n) is 2.86. The Balaban J connectivity index is 1.99. The Labute approximate surface area is 122 Å². The molecule has 0 bridgehead atoms. The molecule has 0 radical (unpaired) electrons. The summed E-state index contributed by atoms with van der Waals surface area (Å²) in [5.74, 6) is -0.768. The van der Waals surface area contributed by atoms with E-state index < -0.39 is 5.91 Å². The fourth-order valence-corrected chi connectivity index (χ4v) is 1.69. The fraction of sp³-hybridized carbons (Fsp3) is 0.133. The van der Waals surface area contributed by atoms with Crippen LogP contribution >= 0.6 is 0 Å². The molecular weight excluding hydrogens is 268 g/mol. The van der Waals surface area contributed by atoms with Crippen molar-refractivity contribution < 1.29 is 9.59 Å². The van der Waals surface area contributed by atoms with Gasteiger partial charge in [-0.05, 0) is 30.3 Å². The Morgan fingerprint density at radius 2 is 1.57 bits per heavy atom. The van der Waals surface area contributed by atoms with E-state index in [0.717, 1.165) is 5.69 Å². The topological polar surface area (TPSA) is 74.3 Å². The highest BCUT2D eigenvalue weighted by Gasteiger charge is 2.09. The Bertz CT molecular complexity index is 641. The lowest BCUT2D eigenvalue weighted by Crippen LogP contribution is -2.41. The van der Waals surface area contributed by atoms with Crippen molar-refractivity contribution in [3.05, 3.63) is 59.9 Å². The number of hydrazine groups is 1. The van der Waals surface area contributed by atoms with E-state index in [1.165, 1.54) is 12.4 Å². The maximum atomic E-state index is 12.0. The predicted molar refractivity (Wildman–Crippen MR) is 79.9 cm³/mol. The van der Waals surface area contributed by atoms with Gasteiger partial charge in [-0.1, -0.05) is 6.07 Å². The molecule has 0 aliphatic heterocycles. The molecule has 0 atom stereocenters. The van der Waals surface area contributed by atoms with Gasteiger partial charge in [-0.3, -0.25) is 25.4 Å². The lowest BCUT2D eigenvalue weighted by Gasteiger charge is -2.13. The van der Waals surface area contributed by atoms with Crippen molar-refractivity contribution in [1.82, 2.24) is 15.8 Å². The summed E-state index contributed by atoms with van der Waals surface area (Å²) in [5, 5.41) is 0. The number of carbonyl (C=O) groups excluding carboxylic acids is 2. The van der Waals surface area contributed by atoms with Crippen LogP contribution in [0.5, 0.6) is 0 Å². The highest BCUT2D eigenvalue weighted by molar-refractivity contribution is 5.99. The lowest BCUT2D eigenvalue weighted by atomic mass is 10.2. The number of hydrogen-bond acceptors (Lipinski definition) is 4. The number of benzene rings is 1. The van der Waals surface area contributed by atoms with Crippen LogP contribution in [0.25, 0.3) is 0 Å². The van der Waals surface area contributed by atoms with Crippen LogP contribution < -0.4 is 15.8 Å². The maximum Gasteiger partial charge on any atom is 0.269 e. The van der Waals surface area contributed by atoms with Gasteiger partial charge in [0.15, 0.2) is 0 Å². The number of pyridine rings is 1. The van der Waals surface area contributed by atoms with Gasteiger partial charge in [0.2, 0.25) is 0 Å².